The van der Waals surface area contributed by atoms with Crippen molar-refractivity contribution in [1.82, 2.24) is 19.5 Å². The van der Waals surface area contributed by atoms with Crippen LogP contribution in [0.25, 0.3) is 16.8 Å². The summed E-state index contributed by atoms with van der Waals surface area (Å²) in [5, 5.41) is 13.8. The van der Waals surface area contributed by atoms with Gasteiger partial charge in [0.2, 0.25) is 0 Å². The van der Waals surface area contributed by atoms with Gasteiger partial charge in [-0.15, -0.1) is 0 Å². The summed E-state index contributed by atoms with van der Waals surface area (Å²) in [7, 11) is 0. The van der Waals surface area contributed by atoms with Gasteiger partial charge in [-0.2, -0.15) is 5.10 Å². The van der Waals surface area contributed by atoms with Crippen LogP contribution in [-0.4, -0.2) is 62.9 Å². The zero-order valence-electron chi connectivity index (χ0n) is 13.1. The van der Waals surface area contributed by atoms with Gasteiger partial charge in [-0.25, -0.2) is 9.50 Å². The number of morpholine rings is 1. The predicted octanol–water partition coefficient (Wildman–Crippen LogP) is 1.94. The molecule has 1 atom stereocenters. The first-order valence-corrected chi connectivity index (χ1v) is 8.97. The van der Waals surface area contributed by atoms with Gasteiger partial charge in [-0.3, -0.25) is 4.79 Å². The molecule has 1 saturated heterocycles. The highest BCUT2D eigenvalue weighted by Crippen LogP contribution is 2.35. The summed E-state index contributed by atoms with van der Waals surface area (Å²) < 4.78 is 7.57. The standard InChI is InChI=1S/C16H15ClN4O3S/c17-14-13(11-7-18-21-4-2-1-3-12(11)21)19-15(25-14)16(23)20-5-6-24-10(8-20)9-22/h1-4,7,10,22H,5-6,8-9H2. The van der Waals surface area contributed by atoms with Crippen LogP contribution < -0.4 is 0 Å². The quantitative estimate of drug-likeness (QED) is 0.753. The molecule has 0 bridgehead atoms. The second-order valence-corrected chi connectivity index (χ2v) is 7.26. The molecule has 1 fully saturated rings. The normalized spacial score (nSPS) is 18.0. The van der Waals surface area contributed by atoms with E-state index in [0.717, 1.165) is 22.4 Å². The first-order valence-electron chi connectivity index (χ1n) is 7.78. The number of aliphatic hydroxyl groups excluding tert-OH is 1. The van der Waals surface area contributed by atoms with Crippen molar-refractivity contribution in [3.05, 3.63) is 39.9 Å². The summed E-state index contributed by atoms with van der Waals surface area (Å²) in [6, 6.07) is 5.72. The maximum Gasteiger partial charge on any atom is 0.283 e. The Morgan fingerprint density at radius 3 is 3.20 bits per heavy atom. The van der Waals surface area contributed by atoms with Gasteiger partial charge in [0.1, 0.15) is 10.0 Å². The third-order valence-corrected chi connectivity index (χ3v) is 5.32. The number of rotatable bonds is 3. The second kappa shape index (κ2) is 6.72. The fourth-order valence-corrected chi connectivity index (χ4v) is 3.96. The van der Waals surface area contributed by atoms with Gasteiger partial charge in [-0.05, 0) is 12.1 Å². The van der Waals surface area contributed by atoms with Crippen molar-refractivity contribution in [3.63, 3.8) is 0 Å². The molecular weight excluding hydrogens is 364 g/mol. The second-order valence-electron chi connectivity index (χ2n) is 5.66. The van der Waals surface area contributed by atoms with E-state index < -0.39 is 0 Å². The summed E-state index contributed by atoms with van der Waals surface area (Å²) in [5.41, 5.74) is 2.22. The molecular formula is C16H15ClN4O3S. The van der Waals surface area contributed by atoms with Crippen LogP contribution in [0, 0.1) is 0 Å². The molecule has 3 aromatic rings. The monoisotopic (exact) mass is 378 g/mol. The lowest BCUT2D eigenvalue weighted by molar-refractivity contribution is -0.0447. The molecule has 25 heavy (non-hydrogen) atoms. The minimum absolute atomic E-state index is 0.115. The number of carbonyl (C=O) groups is 1. The van der Waals surface area contributed by atoms with Crippen LogP contribution in [-0.2, 0) is 4.74 Å². The van der Waals surface area contributed by atoms with E-state index in [4.69, 9.17) is 16.3 Å². The number of amides is 1. The van der Waals surface area contributed by atoms with Crippen molar-refractivity contribution in [2.45, 2.75) is 6.10 Å². The van der Waals surface area contributed by atoms with Crippen LogP contribution in [0.5, 0.6) is 0 Å². The molecule has 3 aromatic heterocycles. The van der Waals surface area contributed by atoms with Crippen LogP contribution in [0.3, 0.4) is 0 Å². The molecule has 1 amide bonds. The number of pyridine rings is 1. The number of carbonyl (C=O) groups excluding carboxylic acids is 1. The highest BCUT2D eigenvalue weighted by atomic mass is 35.5. The van der Waals surface area contributed by atoms with E-state index in [0.29, 0.717) is 34.7 Å². The number of thiazole rings is 1. The molecule has 1 aliphatic rings. The number of hydrogen-bond acceptors (Lipinski definition) is 6. The fourth-order valence-electron chi connectivity index (χ4n) is 2.83. The van der Waals surface area contributed by atoms with Gasteiger partial charge in [0.05, 0.1) is 31.0 Å². The smallest absolute Gasteiger partial charge is 0.283 e. The number of nitrogens with zero attached hydrogens (tertiary/aromatic N) is 4. The number of fused-ring (bicyclic) bond motifs is 1. The van der Waals surface area contributed by atoms with Crippen LogP contribution >= 0.6 is 22.9 Å². The van der Waals surface area contributed by atoms with Crippen molar-refractivity contribution >= 4 is 34.4 Å². The number of hydrogen-bond donors (Lipinski definition) is 1. The summed E-state index contributed by atoms with van der Waals surface area (Å²) in [5.74, 6) is -0.198. The van der Waals surface area contributed by atoms with E-state index in [-0.39, 0.29) is 18.6 Å². The predicted molar refractivity (Wildman–Crippen MR) is 94.0 cm³/mol. The van der Waals surface area contributed by atoms with Crippen molar-refractivity contribution in [1.29, 1.82) is 0 Å². The lowest BCUT2D eigenvalue weighted by Gasteiger charge is -2.31. The van der Waals surface area contributed by atoms with Crippen LogP contribution in [0.2, 0.25) is 4.34 Å². The summed E-state index contributed by atoms with van der Waals surface area (Å²) in [4.78, 5) is 18.8. The average Bonchev–Trinajstić information content (AvgIpc) is 3.24. The van der Waals surface area contributed by atoms with Crippen molar-refractivity contribution in [2.75, 3.05) is 26.3 Å². The average molecular weight is 379 g/mol. The van der Waals surface area contributed by atoms with Gasteiger partial charge in [0, 0.05) is 24.8 Å². The van der Waals surface area contributed by atoms with Gasteiger partial charge in [-0.1, -0.05) is 29.0 Å². The van der Waals surface area contributed by atoms with Crippen LogP contribution in [0.4, 0.5) is 0 Å². The van der Waals surface area contributed by atoms with E-state index in [1.54, 1.807) is 15.6 Å². The Bertz CT molecular complexity index is 925. The Balaban J connectivity index is 1.65. The Morgan fingerprint density at radius 2 is 2.36 bits per heavy atom. The van der Waals surface area contributed by atoms with E-state index in [1.807, 2.05) is 24.4 Å². The molecule has 0 radical (unpaired) electrons. The third kappa shape index (κ3) is 3.02. The lowest BCUT2D eigenvalue weighted by atomic mass is 10.2. The Morgan fingerprint density at radius 1 is 1.48 bits per heavy atom. The molecule has 0 aromatic carbocycles. The Labute approximate surface area is 152 Å². The van der Waals surface area contributed by atoms with Gasteiger partial charge in [0.15, 0.2) is 5.01 Å². The summed E-state index contributed by atoms with van der Waals surface area (Å²) in [6.07, 6.45) is 3.18. The highest BCUT2D eigenvalue weighted by molar-refractivity contribution is 7.18. The van der Waals surface area contributed by atoms with E-state index >= 15 is 0 Å². The molecule has 130 valence electrons. The topological polar surface area (TPSA) is 80.0 Å². The molecule has 9 heteroatoms. The first kappa shape index (κ1) is 16.5. The molecule has 4 heterocycles. The third-order valence-electron chi connectivity index (χ3n) is 4.08. The SMILES string of the molecule is O=C(c1nc(-c2cnn3ccccc23)c(Cl)s1)N1CCOC(CO)C1. The number of halogens is 1. The van der Waals surface area contributed by atoms with Crippen molar-refractivity contribution < 1.29 is 14.6 Å². The molecule has 1 aliphatic heterocycles. The lowest BCUT2D eigenvalue weighted by Crippen LogP contribution is -2.46. The fraction of sp³-hybridized carbons (Fsp3) is 0.312. The zero-order chi connectivity index (χ0) is 17.4. The first-order chi connectivity index (χ1) is 12.2. The van der Waals surface area contributed by atoms with E-state index in [1.165, 1.54) is 0 Å². The molecule has 0 aliphatic carbocycles. The zero-order valence-corrected chi connectivity index (χ0v) is 14.7. The number of aliphatic hydroxyl groups is 1. The Kier molecular flexibility index (Phi) is 4.43. The van der Waals surface area contributed by atoms with Gasteiger partial charge < -0.3 is 14.7 Å². The number of aromatic nitrogens is 3. The molecule has 0 spiro atoms. The van der Waals surface area contributed by atoms with Crippen molar-refractivity contribution in [3.8, 4) is 11.3 Å². The largest absolute Gasteiger partial charge is 0.394 e. The molecule has 4 rings (SSSR count). The van der Waals surface area contributed by atoms with Crippen molar-refractivity contribution in [2.24, 2.45) is 0 Å². The minimum atomic E-state index is -0.354. The molecule has 1 N–H and O–H groups in total. The van der Waals surface area contributed by atoms with Gasteiger partial charge >= 0.3 is 0 Å². The van der Waals surface area contributed by atoms with Crippen LogP contribution in [0.15, 0.2) is 30.6 Å². The minimum Gasteiger partial charge on any atom is -0.394 e. The molecule has 0 saturated carbocycles. The molecule has 7 nitrogen and oxygen atoms in total. The maximum atomic E-state index is 12.7. The summed E-state index contributed by atoms with van der Waals surface area (Å²) in [6.45, 7) is 1.10. The van der Waals surface area contributed by atoms with E-state index in [2.05, 4.69) is 10.1 Å². The Hall–Kier alpha value is -2.00. The maximum absolute atomic E-state index is 12.7. The number of ether oxygens (including phenoxy) is 1. The van der Waals surface area contributed by atoms with E-state index in [9.17, 15) is 9.90 Å². The van der Waals surface area contributed by atoms with Crippen LogP contribution in [0.1, 0.15) is 9.80 Å². The molecule has 1 unspecified atom stereocenters. The highest BCUT2D eigenvalue weighted by Gasteiger charge is 2.28. The summed E-state index contributed by atoms with van der Waals surface area (Å²) >= 11 is 7.51. The van der Waals surface area contributed by atoms with Gasteiger partial charge in [0.25, 0.3) is 5.91 Å².